The molecule has 0 bridgehead atoms. The maximum Gasteiger partial charge on any atom is 0.511 e. The molecule has 2 aliphatic heterocycles. The number of nitrogens with zero attached hydrogens (tertiary/aromatic N) is 6. The molecule has 19 heteroatoms. The lowest BCUT2D eigenvalue weighted by Crippen LogP contribution is -2.36. The van der Waals surface area contributed by atoms with Crippen molar-refractivity contribution in [2.75, 3.05) is 19.8 Å². The van der Waals surface area contributed by atoms with E-state index in [1.807, 2.05) is 48.5 Å². The number of unbranched alkanes of at least 4 members (excludes halogenated alkanes) is 1. The summed E-state index contributed by atoms with van der Waals surface area (Å²) in [5.41, 5.74) is 3.59. The minimum absolute atomic E-state index is 0.0230. The van der Waals surface area contributed by atoms with E-state index in [9.17, 15) is 19.7 Å². The second-order valence-corrected chi connectivity index (χ2v) is 13.1. The van der Waals surface area contributed by atoms with Gasteiger partial charge in [-0.2, -0.15) is 5.21 Å². The Morgan fingerprint density at radius 1 is 1.06 bits per heavy atom. The van der Waals surface area contributed by atoms with Gasteiger partial charge in [-0.15, -0.1) is 20.3 Å². The van der Waals surface area contributed by atoms with Gasteiger partial charge in [0.15, 0.2) is 17.0 Å². The third-order valence-electron chi connectivity index (χ3n) is 8.94. The smallest absolute Gasteiger partial charge is 0.426 e. The Morgan fingerprint density at radius 2 is 1.78 bits per heavy atom. The average Bonchev–Trinajstić information content (AvgIpc) is 3.94. The number of benzene rings is 2. The largest absolute Gasteiger partial charge is 0.511 e. The number of ether oxygens (including phenoxy) is 6. The molecule has 54 heavy (non-hydrogen) atoms. The van der Waals surface area contributed by atoms with E-state index in [1.54, 1.807) is 11.5 Å². The maximum absolute atomic E-state index is 13.5. The van der Waals surface area contributed by atoms with Gasteiger partial charge in [-0.1, -0.05) is 73.5 Å². The second kappa shape index (κ2) is 17.8. The molecule has 0 saturated carbocycles. The highest BCUT2D eigenvalue weighted by molar-refractivity contribution is 6.32. The van der Waals surface area contributed by atoms with Crippen LogP contribution >= 0.6 is 11.6 Å². The van der Waals surface area contributed by atoms with Crippen molar-refractivity contribution >= 4 is 23.7 Å². The first-order valence-corrected chi connectivity index (χ1v) is 17.9. The molecule has 4 heterocycles. The van der Waals surface area contributed by atoms with Crippen molar-refractivity contribution in [1.82, 2.24) is 30.2 Å². The zero-order valence-corrected chi connectivity index (χ0v) is 30.5. The molecular weight excluding hydrogens is 730 g/mol. The molecule has 1 N–H and O–H groups in total. The van der Waals surface area contributed by atoms with Crippen LogP contribution < -0.4 is 0 Å². The predicted molar refractivity (Wildman–Crippen MR) is 188 cm³/mol. The number of fused-ring (bicyclic) bond motifs is 1. The van der Waals surface area contributed by atoms with E-state index in [-0.39, 0.29) is 43.6 Å². The summed E-state index contributed by atoms with van der Waals surface area (Å²) in [6.07, 6.45) is -2.88. The molecule has 18 nitrogen and oxygen atoms in total. The third kappa shape index (κ3) is 9.30. The molecule has 2 fully saturated rings. The summed E-state index contributed by atoms with van der Waals surface area (Å²) in [4.78, 5) is 45.8. The van der Waals surface area contributed by atoms with Crippen molar-refractivity contribution in [2.24, 2.45) is 0 Å². The Labute approximate surface area is 314 Å². The van der Waals surface area contributed by atoms with Crippen molar-refractivity contribution in [3.05, 3.63) is 80.9 Å². The first kappa shape index (κ1) is 38.6. The lowest BCUT2D eigenvalue weighted by Gasteiger charge is -2.19. The van der Waals surface area contributed by atoms with Crippen LogP contribution in [0.5, 0.6) is 0 Å². The van der Waals surface area contributed by atoms with Crippen LogP contribution in [0.1, 0.15) is 61.9 Å². The molecule has 4 aromatic rings. The van der Waals surface area contributed by atoms with Crippen molar-refractivity contribution in [1.29, 1.82) is 0 Å². The van der Waals surface area contributed by atoms with E-state index in [4.69, 9.17) is 40.0 Å². The van der Waals surface area contributed by atoms with Crippen molar-refractivity contribution in [2.45, 2.75) is 89.8 Å². The summed E-state index contributed by atoms with van der Waals surface area (Å²) < 4.78 is 35.3. The van der Waals surface area contributed by atoms with Gasteiger partial charge in [0.2, 0.25) is 12.1 Å². The van der Waals surface area contributed by atoms with Gasteiger partial charge in [0, 0.05) is 32.1 Å². The van der Waals surface area contributed by atoms with Gasteiger partial charge in [-0.25, -0.2) is 14.6 Å². The fourth-order valence-corrected chi connectivity index (χ4v) is 6.59. The normalized spacial score (nSPS) is 20.2. The summed E-state index contributed by atoms with van der Waals surface area (Å²) in [6.45, 7) is 5.66. The van der Waals surface area contributed by atoms with Crippen LogP contribution in [-0.4, -0.2) is 104 Å². The molecule has 6 atom stereocenters. The lowest BCUT2D eigenvalue weighted by molar-refractivity contribution is -0.767. The number of esters is 1. The number of imidazole rings is 1. The monoisotopic (exact) mass is 769 g/mol. The van der Waals surface area contributed by atoms with E-state index >= 15 is 0 Å². The number of aromatic nitrogens is 6. The summed E-state index contributed by atoms with van der Waals surface area (Å²) >= 11 is 6.54. The van der Waals surface area contributed by atoms with E-state index in [0.717, 1.165) is 35.1 Å². The third-order valence-corrected chi connectivity index (χ3v) is 9.20. The van der Waals surface area contributed by atoms with Crippen LogP contribution in [0.15, 0.2) is 48.5 Å². The number of carbonyl (C=O) groups is 2. The van der Waals surface area contributed by atoms with Crippen molar-refractivity contribution in [3.63, 3.8) is 0 Å². The molecule has 0 spiro atoms. The van der Waals surface area contributed by atoms with E-state index in [1.165, 1.54) is 6.92 Å². The van der Waals surface area contributed by atoms with Crippen molar-refractivity contribution < 1.29 is 47.9 Å². The average molecular weight is 770 g/mol. The SMILES string of the molecule is CCCCc1nc(Cl)c(C(=O)OC(C)OC(=O)O[C@@H]2COC3C2OC[C@H]3OCC[C@@H](C)O[N+](=O)[O-])n1Cc1ccc(-c2ccccc2-c2nn[nH]n2)cc1. The zero-order chi connectivity index (χ0) is 38.2. The highest BCUT2D eigenvalue weighted by Gasteiger charge is 2.50. The number of nitrogens with one attached hydrogen (secondary N) is 1. The fraction of sp³-hybridized carbons (Fsp3) is 0.486. The van der Waals surface area contributed by atoms with Gasteiger partial charge in [-0.05, 0) is 41.7 Å². The molecule has 6 rings (SSSR count). The molecule has 288 valence electrons. The Hall–Kier alpha value is -5.17. The molecule has 0 radical (unpaired) electrons. The topological polar surface area (TPSA) is 214 Å². The van der Waals surface area contributed by atoms with Crippen LogP contribution in [0.2, 0.25) is 5.15 Å². The van der Waals surface area contributed by atoms with Gasteiger partial charge in [0.05, 0.1) is 13.2 Å². The van der Waals surface area contributed by atoms with Gasteiger partial charge in [-0.3, -0.25) is 0 Å². The highest BCUT2D eigenvalue weighted by Crippen LogP contribution is 2.32. The fourth-order valence-electron chi connectivity index (χ4n) is 6.31. The molecule has 2 saturated heterocycles. The molecular formula is C35H40ClN7O11. The van der Waals surface area contributed by atoms with Crippen LogP contribution in [0.25, 0.3) is 22.5 Å². The number of aryl methyl sites for hydroxylation is 1. The number of H-pyrrole nitrogens is 1. The Bertz CT molecular complexity index is 1890. The summed E-state index contributed by atoms with van der Waals surface area (Å²) in [5.74, 6) is 0.263. The number of rotatable bonds is 17. The molecule has 2 aromatic carbocycles. The van der Waals surface area contributed by atoms with E-state index < -0.39 is 54.0 Å². The Kier molecular flexibility index (Phi) is 12.7. The predicted octanol–water partition coefficient (Wildman–Crippen LogP) is 4.97. The number of carbonyl (C=O) groups excluding carboxylic acids is 2. The maximum atomic E-state index is 13.5. The number of hydrogen-bond acceptors (Lipinski definition) is 15. The Balaban J connectivity index is 1.06. The minimum atomic E-state index is -1.34. The summed E-state index contributed by atoms with van der Waals surface area (Å²) in [6, 6.07) is 15.6. The highest BCUT2D eigenvalue weighted by atomic mass is 35.5. The molecule has 2 aliphatic rings. The number of halogens is 1. The Morgan fingerprint density at radius 3 is 2.48 bits per heavy atom. The van der Waals surface area contributed by atoms with Crippen LogP contribution in [0, 0.1) is 10.1 Å². The summed E-state index contributed by atoms with van der Waals surface area (Å²) in [5, 5.41) is 24.0. The second-order valence-electron chi connectivity index (χ2n) is 12.8. The van der Waals surface area contributed by atoms with Gasteiger partial charge in [0.1, 0.15) is 30.2 Å². The lowest BCUT2D eigenvalue weighted by atomic mass is 9.98. The molecule has 0 aliphatic carbocycles. The number of aromatic amines is 1. The van der Waals surface area contributed by atoms with Gasteiger partial charge >= 0.3 is 12.1 Å². The molecule has 0 amide bonds. The quantitative estimate of drug-likeness (QED) is 0.0650. The van der Waals surface area contributed by atoms with Crippen LogP contribution in [0.4, 0.5) is 4.79 Å². The standard InChI is InChI=1S/C35H40ClN7O11/c1-4-5-10-28-37-32(36)29(42(28)17-22-11-13-23(14-12-22)24-8-6-7-9-25(24)33-38-40-41-39-33)34(44)51-21(3)52-35(45)53-27-19-50-30-26(18-49-31(27)30)48-16-15-20(2)54-43(46)47/h6-9,11-14,20-21,26-27,30-31H,4-5,10,15-19H2,1-3H3,(H,38,39,40,41)/t20-,21?,26-,27-,30?,31?/m1/s1. The zero-order valence-electron chi connectivity index (χ0n) is 29.8. The van der Waals surface area contributed by atoms with Gasteiger partial charge < -0.3 is 37.8 Å². The molecule has 3 unspecified atom stereocenters. The summed E-state index contributed by atoms with van der Waals surface area (Å²) in [7, 11) is 0. The molecule has 2 aromatic heterocycles. The van der Waals surface area contributed by atoms with Crippen molar-refractivity contribution in [3.8, 4) is 22.5 Å². The number of tetrazole rings is 1. The van der Waals surface area contributed by atoms with E-state index in [0.29, 0.717) is 18.1 Å². The van der Waals surface area contributed by atoms with E-state index in [2.05, 4.69) is 37.4 Å². The number of hydrogen-bond donors (Lipinski definition) is 1. The van der Waals surface area contributed by atoms with Crippen LogP contribution in [-0.2, 0) is 46.2 Å². The first-order chi connectivity index (χ1) is 26.1. The minimum Gasteiger partial charge on any atom is -0.426 e. The van der Waals surface area contributed by atoms with Crippen LogP contribution in [0.3, 0.4) is 0 Å². The van der Waals surface area contributed by atoms with Gasteiger partial charge in [0.25, 0.3) is 5.09 Å². The first-order valence-electron chi connectivity index (χ1n) is 17.5.